The maximum absolute atomic E-state index is 13.2. The van der Waals surface area contributed by atoms with Gasteiger partial charge in [0.1, 0.15) is 0 Å². The molecule has 0 unspecified atom stereocenters. The van der Waals surface area contributed by atoms with Crippen LogP contribution in [0.15, 0.2) is 36.4 Å². The predicted molar refractivity (Wildman–Crippen MR) is 85.9 cm³/mol. The van der Waals surface area contributed by atoms with Crippen LogP contribution in [0.5, 0.6) is 17.2 Å². The van der Waals surface area contributed by atoms with E-state index in [0.29, 0.717) is 5.56 Å². The number of ketones is 1. The number of benzene rings is 2. The summed E-state index contributed by atoms with van der Waals surface area (Å²) in [5.41, 5.74) is 0.341. The summed E-state index contributed by atoms with van der Waals surface area (Å²) in [5.74, 6) is -3.10. The zero-order valence-corrected chi connectivity index (χ0v) is 13.8. The zero-order chi connectivity index (χ0) is 19.3. The smallest absolute Gasteiger partial charge is 0.387 e. The summed E-state index contributed by atoms with van der Waals surface area (Å²) in [4.78, 5) is 12.0. The van der Waals surface area contributed by atoms with Crippen molar-refractivity contribution in [2.24, 2.45) is 0 Å². The molecule has 0 heterocycles. The Morgan fingerprint density at radius 3 is 2.12 bits per heavy atom. The lowest BCUT2D eigenvalue weighted by Crippen LogP contribution is -2.05. The summed E-state index contributed by atoms with van der Waals surface area (Å²) < 4.78 is 65.5. The lowest BCUT2D eigenvalue weighted by Gasteiger charge is -2.14. The SMILES string of the molecule is COc1cc(/C=C/C(=O)c2ccc(F)c(F)c2)cc(OC)c1OC(F)F. The number of methoxy groups -OCH3 is 2. The van der Waals surface area contributed by atoms with Gasteiger partial charge in [-0.15, -0.1) is 0 Å². The third-order valence-electron chi connectivity index (χ3n) is 3.32. The molecular weight excluding hydrogens is 356 g/mol. The van der Waals surface area contributed by atoms with Crippen LogP contribution >= 0.6 is 0 Å². The number of ether oxygens (including phenoxy) is 3. The molecule has 0 fully saturated rings. The van der Waals surface area contributed by atoms with Crippen LogP contribution in [0.3, 0.4) is 0 Å². The first-order chi connectivity index (χ1) is 12.3. The van der Waals surface area contributed by atoms with Crippen LogP contribution in [0.1, 0.15) is 15.9 Å². The van der Waals surface area contributed by atoms with Crippen molar-refractivity contribution < 1.29 is 36.6 Å². The van der Waals surface area contributed by atoms with Gasteiger partial charge in [-0.1, -0.05) is 6.08 Å². The molecule has 0 radical (unpaired) electrons. The van der Waals surface area contributed by atoms with Gasteiger partial charge in [-0.3, -0.25) is 4.79 Å². The van der Waals surface area contributed by atoms with Crippen molar-refractivity contribution in [3.05, 3.63) is 59.2 Å². The lowest BCUT2D eigenvalue weighted by molar-refractivity contribution is -0.0526. The summed E-state index contributed by atoms with van der Waals surface area (Å²) in [6.45, 7) is -3.07. The third-order valence-corrected chi connectivity index (χ3v) is 3.32. The quantitative estimate of drug-likeness (QED) is 0.410. The standard InChI is InChI=1S/C18H14F4O4/c1-24-15-7-10(8-16(25-2)17(15)26-18(21)22)3-6-14(23)11-4-5-12(19)13(20)9-11/h3-9,18H,1-2H3/b6-3+. The minimum Gasteiger partial charge on any atom is -0.493 e. The monoisotopic (exact) mass is 370 g/mol. The molecule has 0 amide bonds. The first-order valence-corrected chi connectivity index (χ1v) is 7.24. The van der Waals surface area contributed by atoms with E-state index in [0.717, 1.165) is 24.3 Å². The molecule has 0 saturated heterocycles. The van der Waals surface area contributed by atoms with E-state index in [9.17, 15) is 22.4 Å². The van der Waals surface area contributed by atoms with Crippen molar-refractivity contribution in [1.29, 1.82) is 0 Å². The number of alkyl halides is 2. The number of halogens is 4. The molecule has 0 N–H and O–H groups in total. The highest BCUT2D eigenvalue weighted by molar-refractivity contribution is 6.06. The van der Waals surface area contributed by atoms with Gasteiger partial charge in [0.05, 0.1) is 14.2 Å². The molecule has 0 atom stereocenters. The second kappa shape index (κ2) is 8.37. The average molecular weight is 370 g/mol. The van der Waals surface area contributed by atoms with Gasteiger partial charge < -0.3 is 14.2 Å². The summed E-state index contributed by atoms with van der Waals surface area (Å²) in [6, 6.07) is 5.48. The number of hydrogen-bond donors (Lipinski definition) is 0. The molecule has 2 aromatic carbocycles. The molecule has 138 valence electrons. The number of carbonyl (C=O) groups is 1. The van der Waals surface area contributed by atoms with Crippen molar-refractivity contribution >= 4 is 11.9 Å². The summed E-state index contributed by atoms with van der Waals surface area (Å²) >= 11 is 0. The molecule has 0 aliphatic heterocycles. The van der Waals surface area contributed by atoms with Crippen molar-refractivity contribution in [3.63, 3.8) is 0 Å². The first-order valence-electron chi connectivity index (χ1n) is 7.24. The fraction of sp³-hybridized carbons (Fsp3) is 0.167. The van der Waals surface area contributed by atoms with E-state index in [2.05, 4.69) is 4.74 Å². The van der Waals surface area contributed by atoms with Crippen LogP contribution in [0, 0.1) is 11.6 Å². The Bertz CT molecular complexity index is 809. The van der Waals surface area contributed by atoms with E-state index < -0.39 is 24.0 Å². The van der Waals surface area contributed by atoms with Crippen LogP contribution in [0.2, 0.25) is 0 Å². The molecule has 0 aromatic heterocycles. The van der Waals surface area contributed by atoms with Gasteiger partial charge in [0.2, 0.25) is 5.75 Å². The van der Waals surface area contributed by atoms with E-state index in [1.807, 2.05) is 0 Å². The lowest BCUT2D eigenvalue weighted by atomic mass is 10.1. The van der Waals surface area contributed by atoms with Crippen LogP contribution < -0.4 is 14.2 Å². The summed E-state index contributed by atoms with van der Waals surface area (Å²) in [5, 5.41) is 0. The largest absolute Gasteiger partial charge is 0.493 e. The Morgan fingerprint density at radius 2 is 1.62 bits per heavy atom. The molecular formula is C18H14F4O4. The van der Waals surface area contributed by atoms with Gasteiger partial charge in [0.25, 0.3) is 0 Å². The molecule has 2 rings (SSSR count). The topological polar surface area (TPSA) is 44.8 Å². The second-order valence-corrected chi connectivity index (χ2v) is 4.96. The van der Waals surface area contributed by atoms with Gasteiger partial charge in [0.15, 0.2) is 28.9 Å². The van der Waals surface area contributed by atoms with Gasteiger partial charge >= 0.3 is 6.61 Å². The van der Waals surface area contributed by atoms with Gasteiger partial charge in [-0.05, 0) is 42.0 Å². The Hall–Kier alpha value is -3.03. The van der Waals surface area contributed by atoms with Gasteiger partial charge in [-0.25, -0.2) is 8.78 Å². The van der Waals surface area contributed by atoms with E-state index in [1.165, 1.54) is 32.4 Å². The number of rotatable bonds is 7. The van der Waals surface area contributed by atoms with E-state index in [1.54, 1.807) is 0 Å². The number of allylic oxidation sites excluding steroid dienone is 1. The van der Waals surface area contributed by atoms with Crippen LogP contribution in [-0.4, -0.2) is 26.6 Å². The summed E-state index contributed by atoms with van der Waals surface area (Å²) in [7, 11) is 2.51. The molecule has 0 aliphatic carbocycles. The van der Waals surface area contributed by atoms with Crippen molar-refractivity contribution in [2.75, 3.05) is 14.2 Å². The Morgan fingerprint density at radius 1 is 1.00 bits per heavy atom. The fourth-order valence-electron chi connectivity index (χ4n) is 2.12. The maximum Gasteiger partial charge on any atom is 0.387 e. The van der Waals surface area contributed by atoms with Gasteiger partial charge in [0, 0.05) is 5.56 Å². The molecule has 0 spiro atoms. The Labute approximate surface area is 146 Å². The van der Waals surface area contributed by atoms with Crippen molar-refractivity contribution in [2.45, 2.75) is 6.61 Å². The average Bonchev–Trinajstić information content (AvgIpc) is 2.62. The Kier molecular flexibility index (Phi) is 6.21. The maximum atomic E-state index is 13.2. The zero-order valence-electron chi connectivity index (χ0n) is 13.8. The first kappa shape index (κ1) is 19.3. The predicted octanol–water partition coefficient (Wildman–Crippen LogP) is 4.48. The molecule has 0 bridgehead atoms. The van der Waals surface area contributed by atoms with Crippen LogP contribution in [-0.2, 0) is 0 Å². The van der Waals surface area contributed by atoms with Crippen LogP contribution in [0.4, 0.5) is 17.6 Å². The summed E-state index contributed by atoms with van der Waals surface area (Å²) in [6.07, 6.45) is 2.47. The molecule has 4 nitrogen and oxygen atoms in total. The number of hydrogen-bond acceptors (Lipinski definition) is 4. The highest BCUT2D eigenvalue weighted by Gasteiger charge is 2.17. The normalized spacial score (nSPS) is 11.0. The van der Waals surface area contributed by atoms with Crippen molar-refractivity contribution in [1.82, 2.24) is 0 Å². The van der Waals surface area contributed by atoms with Crippen molar-refractivity contribution in [3.8, 4) is 17.2 Å². The highest BCUT2D eigenvalue weighted by atomic mass is 19.3. The van der Waals surface area contributed by atoms with E-state index in [4.69, 9.17) is 9.47 Å². The molecule has 0 saturated carbocycles. The minimum absolute atomic E-state index is 0.0235. The van der Waals surface area contributed by atoms with Gasteiger partial charge in [-0.2, -0.15) is 8.78 Å². The number of carbonyl (C=O) groups excluding carboxylic acids is 1. The minimum atomic E-state index is -3.07. The van der Waals surface area contributed by atoms with E-state index >= 15 is 0 Å². The van der Waals surface area contributed by atoms with Crippen LogP contribution in [0.25, 0.3) is 6.08 Å². The molecule has 26 heavy (non-hydrogen) atoms. The molecule has 0 aliphatic rings. The fourth-order valence-corrected chi connectivity index (χ4v) is 2.12. The van der Waals surface area contributed by atoms with E-state index in [-0.39, 0.29) is 22.8 Å². The third kappa shape index (κ3) is 4.53. The molecule has 8 heteroatoms. The second-order valence-electron chi connectivity index (χ2n) is 4.96. The Balaban J connectivity index is 2.31. The highest BCUT2D eigenvalue weighted by Crippen LogP contribution is 2.39. The molecule has 2 aromatic rings.